The number of hydrogen-bond acceptors (Lipinski definition) is 5. The zero-order valence-corrected chi connectivity index (χ0v) is 25.4. The fourth-order valence-electron chi connectivity index (χ4n) is 6.47. The van der Waals surface area contributed by atoms with Crippen LogP contribution in [-0.2, 0) is 4.57 Å². The Morgan fingerprint density at radius 3 is 1.35 bits per heavy atom. The predicted molar refractivity (Wildman–Crippen MR) is 183 cm³/mol. The molecular formula is C40H25N2O3P. The second-order valence-electron chi connectivity index (χ2n) is 11.3. The molecule has 7 aromatic rings. The van der Waals surface area contributed by atoms with Crippen LogP contribution in [0.15, 0.2) is 152 Å². The molecule has 4 heterocycles. The van der Waals surface area contributed by atoms with Crippen molar-refractivity contribution in [3.05, 3.63) is 152 Å². The molecular weight excluding hydrogens is 587 g/mol. The first-order chi connectivity index (χ1) is 22.7. The molecule has 2 aliphatic rings. The summed E-state index contributed by atoms with van der Waals surface area (Å²) in [5, 5.41) is 1.82. The van der Waals surface area contributed by atoms with E-state index in [1.54, 1.807) is 12.4 Å². The third kappa shape index (κ3) is 4.06. The van der Waals surface area contributed by atoms with E-state index in [4.69, 9.17) is 19.4 Å². The summed E-state index contributed by atoms with van der Waals surface area (Å²) in [6.45, 7) is 0. The van der Waals surface area contributed by atoms with Gasteiger partial charge in [-0.15, -0.1) is 0 Å². The lowest BCUT2D eigenvalue weighted by Crippen LogP contribution is -2.35. The fraction of sp³-hybridized carbons (Fsp3) is 0. The van der Waals surface area contributed by atoms with Gasteiger partial charge in [-0.1, -0.05) is 84.9 Å². The summed E-state index contributed by atoms with van der Waals surface area (Å²) in [6.07, 6.45) is 3.51. The molecule has 0 N–H and O–H groups in total. The first kappa shape index (κ1) is 26.6. The van der Waals surface area contributed by atoms with Crippen molar-refractivity contribution >= 4 is 23.1 Å². The number of ether oxygens (including phenoxy) is 2. The normalized spacial score (nSPS) is 13.4. The Hall–Kier alpha value is -5.77. The van der Waals surface area contributed by atoms with Crippen molar-refractivity contribution in [2.45, 2.75) is 0 Å². The lowest BCUT2D eigenvalue weighted by atomic mass is 10.0. The second kappa shape index (κ2) is 10.4. The third-order valence-electron chi connectivity index (χ3n) is 8.64. The lowest BCUT2D eigenvalue weighted by Gasteiger charge is -2.36. The van der Waals surface area contributed by atoms with Gasteiger partial charge in [0, 0.05) is 23.5 Å². The van der Waals surface area contributed by atoms with E-state index in [-0.39, 0.29) is 0 Å². The number of pyridine rings is 2. The van der Waals surface area contributed by atoms with Crippen molar-refractivity contribution < 1.29 is 14.0 Å². The number of benzene rings is 5. The highest BCUT2D eigenvalue weighted by Gasteiger charge is 2.48. The van der Waals surface area contributed by atoms with E-state index in [9.17, 15) is 0 Å². The quantitative estimate of drug-likeness (QED) is 0.186. The van der Waals surface area contributed by atoms with Crippen LogP contribution in [-0.4, -0.2) is 9.97 Å². The van der Waals surface area contributed by atoms with Gasteiger partial charge in [0.1, 0.15) is 16.8 Å². The molecule has 9 rings (SSSR count). The summed E-state index contributed by atoms with van der Waals surface area (Å²) in [4.78, 5) is 9.39. The van der Waals surface area contributed by atoms with Crippen LogP contribution in [0.25, 0.3) is 44.8 Å². The van der Waals surface area contributed by atoms with Gasteiger partial charge < -0.3 is 14.0 Å². The standard InChI is InChI=1S/C40H25N2O3P/c43-46-36-19-17-28(26-11-3-1-4-12-26)23-34(36)44-38-30(32-15-7-9-21-41-32)25-31(33-16-8-10-22-42-33)39(40(38)46)45-35-24-29(18-20-37(35)46)27-13-5-2-6-14-27/h1-25H. The zero-order chi connectivity index (χ0) is 30.7. The van der Waals surface area contributed by atoms with Gasteiger partial charge >= 0.3 is 0 Å². The maximum Gasteiger partial charge on any atom is 0.185 e. The maximum absolute atomic E-state index is 16.2. The Bertz CT molecular complexity index is 2170. The Balaban J connectivity index is 1.37. The lowest BCUT2D eigenvalue weighted by molar-refractivity contribution is 0.464. The van der Waals surface area contributed by atoms with Gasteiger partial charge in [0.25, 0.3) is 0 Å². The molecule has 0 saturated carbocycles. The number of aromatic nitrogens is 2. The van der Waals surface area contributed by atoms with Crippen LogP contribution in [0.4, 0.5) is 0 Å². The number of nitrogens with zero attached hydrogens (tertiary/aromatic N) is 2. The molecule has 0 spiro atoms. The van der Waals surface area contributed by atoms with Crippen molar-refractivity contribution in [3.8, 4) is 67.8 Å². The number of hydrogen-bond donors (Lipinski definition) is 0. The Morgan fingerprint density at radius 1 is 0.457 bits per heavy atom. The summed E-state index contributed by atoms with van der Waals surface area (Å²) in [7, 11) is -3.54. The first-order valence-corrected chi connectivity index (χ1v) is 16.8. The Morgan fingerprint density at radius 2 is 0.913 bits per heavy atom. The predicted octanol–water partition coefficient (Wildman–Crippen LogP) is 9.00. The number of rotatable bonds is 4. The summed E-state index contributed by atoms with van der Waals surface area (Å²) in [5.74, 6) is 2.11. The molecule has 0 atom stereocenters. The van der Waals surface area contributed by atoms with Crippen LogP contribution >= 0.6 is 7.14 Å². The molecule has 2 aliphatic heterocycles. The number of fused-ring (bicyclic) bond motifs is 4. The molecule has 0 amide bonds. The van der Waals surface area contributed by atoms with E-state index in [0.29, 0.717) is 50.3 Å². The van der Waals surface area contributed by atoms with Crippen LogP contribution in [0.1, 0.15) is 0 Å². The maximum atomic E-state index is 16.2. The van der Waals surface area contributed by atoms with Gasteiger partial charge in [-0.3, -0.25) is 9.97 Å². The van der Waals surface area contributed by atoms with E-state index < -0.39 is 7.14 Å². The minimum Gasteiger partial charge on any atom is -0.455 e. The van der Waals surface area contributed by atoms with E-state index in [0.717, 1.165) is 33.4 Å². The van der Waals surface area contributed by atoms with Gasteiger partial charge in [0.15, 0.2) is 18.6 Å². The van der Waals surface area contributed by atoms with Gasteiger partial charge in [0.2, 0.25) is 0 Å². The van der Waals surface area contributed by atoms with Crippen LogP contribution in [0.3, 0.4) is 0 Å². The SMILES string of the molecule is O=P12c3ccc(-c4ccccc4)cc3Oc3c(-c4ccccn4)cc(-c4ccccn4)c(c31)Oc1cc(-c3ccccc3)ccc12. The zero-order valence-electron chi connectivity index (χ0n) is 24.5. The van der Waals surface area contributed by atoms with Crippen molar-refractivity contribution in [2.75, 3.05) is 0 Å². The molecule has 5 aromatic carbocycles. The van der Waals surface area contributed by atoms with Crippen molar-refractivity contribution in [3.63, 3.8) is 0 Å². The largest absolute Gasteiger partial charge is 0.455 e. The van der Waals surface area contributed by atoms with E-state index in [1.165, 1.54) is 0 Å². The average molecular weight is 613 g/mol. The van der Waals surface area contributed by atoms with Crippen LogP contribution in [0, 0.1) is 0 Å². The highest BCUT2D eigenvalue weighted by atomic mass is 31.2. The second-order valence-corrected chi connectivity index (χ2v) is 13.9. The van der Waals surface area contributed by atoms with Crippen LogP contribution in [0.5, 0.6) is 23.0 Å². The monoisotopic (exact) mass is 612 g/mol. The van der Waals surface area contributed by atoms with Gasteiger partial charge in [-0.25, -0.2) is 0 Å². The topological polar surface area (TPSA) is 61.3 Å². The average Bonchev–Trinajstić information content (AvgIpc) is 3.13. The smallest absolute Gasteiger partial charge is 0.185 e. The molecule has 0 unspecified atom stereocenters. The summed E-state index contributed by atoms with van der Waals surface area (Å²) < 4.78 is 29.9. The minimum atomic E-state index is -3.54. The summed E-state index contributed by atoms with van der Waals surface area (Å²) in [5.41, 5.74) is 6.92. The highest BCUT2D eigenvalue weighted by molar-refractivity contribution is 7.86. The summed E-state index contributed by atoms with van der Waals surface area (Å²) >= 11 is 0. The fourth-order valence-corrected chi connectivity index (χ4v) is 9.53. The molecule has 0 aliphatic carbocycles. The van der Waals surface area contributed by atoms with Gasteiger partial charge in [0.05, 0.1) is 22.0 Å². The van der Waals surface area contributed by atoms with Gasteiger partial charge in [-0.2, -0.15) is 0 Å². The van der Waals surface area contributed by atoms with Crippen LogP contribution in [0.2, 0.25) is 0 Å². The highest BCUT2D eigenvalue weighted by Crippen LogP contribution is 2.62. The van der Waals surface area contributed by atoms with Crippen molar-refractivity contribution in [2.24, 2.45) is 0 Å². The van der Waals surface area contributed by atoms with E-state index >= 15 is 4.57 Å². The minimum absolute atomic E-state index is 0.493. The first-order valence-electron chi connectivity index (χ1n) is 15.1. The van der Waals surface area contributed by atoms with Gasteiger partial charge in [-0.05, 0) is 76.9 Å². The van der Waals surface area contributed by atoms with E-state index in [2.05, 4.69) is 24.3 Å². The molecule has 5 nitrogen and oxygen atoms in total. The molecule has 2 aromatic heterocycles. The molecule has 0 radical (unpaired) electrons. The van der Waals surface area contributed by atoms with Crippen molar-refractivity contribution in [1.29, 1.82) is 0 Å². The van der Waals surface area contributed by atoms with E-state index in [1.807, 2.05) is 115 Å². The Kier molecular flexibility index (Phi) is 6.02. The molecule has 0 bridgehead atoms. The molecule has 0 fully saturated rings. The molecule has 218 valence electrons. The Labute approximate surface area is 266 Å². The molecule has 6 heteroatoms. The van der Waals surface area contributed by atoms with Crippen molar-refractivity contribution in [1.82, 2.24) is 9.97 Å². The molecule has 0 saturated heterocycles. The summed E-state index contributed by atoms with van der Waals surface area (Å²) in [6, 6.07) is 45.8. The third-order valence-corrected chi connectivity index (χ3v) is 11.8. The van der Waals surface area contributed by atoms with Crippen LogP contribution < -0.4 is 25.4 Å². The molecule has 46 heavy (non-hydrogen) atoms.